The van der Waals surface area contributed by atoms with Gasteiger partial charge in [-0.2, -0.15) is 4.98 Å². The average molecular weight is 270 g/mol. The molecular formula is C10H12ClN5S. The van der Waals surface area contributed by atoms with Gasteiger partial charge in [-0.3, -0.25) is 0 Å². The maximum atomic E-state index is 5.82. The lowest BCUT2D eigenvalue weighted by molar-refractivity contribution is 0.601. The smallest absolute Gasteiger partial charge is 0.223 e. The molecule has 0 unspecified atom stereocenters. The molecule has 2 aromatic heterocycles. The molecule has 2 heterocycles. The molecule has 0 aromatic carbocycles. The maximum absolute atomic E-state index is 5.82. The van der Waals surface area contributed by atoms with Gasteiger partial charge in [0.25, 0.3) is 0 Å². The third-order valence-electron chi connectivity index (χ3n) is 2.12. The van der Waals surface area contributed by atoms with Crippen LogP contribution in [0.4, 0.5) is 11.8 Å². The summed E-state index contributed by atoms with van der Waals surface area (Å²) in [4.78, 5) is 12.2. The van der Waals surface area contributed by atoms with Crippen molar-refractivity contribution in [1.82, 2.24) is 15.0 Å². The van der Waals surface area contributed by atoms with Crippen molar-refractivity contribution < 1.29 is 0 Å². The van der Waals surface area contributed by atoms with E-state index in [4.69, 9.17) is 17.3 Å². The van der Waals surface area contributed by atoms with E-state index in [1.165, 1.54) is 0 Å². The highest BCUT2D eigenvalue weighted by molar-refractivity contribution is 7.09. The van der Waals surface area contributed by atoms with Crippen LogP contribution in [0.15, 0.2) is 17.6 Å². The van der Waals surface area contributed by atoms with Gasteiger partial charge < -0.3 is 11.1 Å². The van der Waals surface area contributed by atoms with Gasteiger partial charge >= 0.3 is 0 Å². The quantitative estimate of drug-likeness (QED) is 0.838. The molecule has 0 aliphatic carbocycles. The fourth-order valence-electron chi connectivity index (χ4n) is 1.41. The summed E-state index contributed by atoms with van der Waals surface area (Å²) in [5.41, 5.74) is 5.20. The maximum Gasteiger partial charge on any atom is 0.223 e. The van der Waals surface area contributed by atoms with Crippen molar-refractivity contribution >= 4 is 34.7 Å². The zero-order valence-electron chi connectivity index (χ0n) is 9.44. The predicted octanol–water partition coefficient (Wildman–Crippen LogP) is 2.52. The third-order valence-corrected chi connectivity index (χ3v) is 3.41. The molecule has 0 bridgehead atoms. The van der Waals surface area contributed by atoms with Crippen LogP contribution in [0.3, 0.4) is 0 Å². The lowest BCUT2D eigenvalue weighted by Crippen LogP contribution is -2.28. The van der Waals surface area contributed by atoms with Crippen LogP contribution < -0.4 is 11.1 Å². The highest BCUT2D eigenvalue weighted by Gasteiger charge is 2.23. The zero-order valence-corrected chi connectivity index (χ0v) is 11.0. The standard InChI is InChI=1S/C10H12ClN5S/c1-10(2,8-13-3-4-17-8)16-7-5-6(11)14-9(12)15-7/h3-5H,1-2H3,(H3,12,14,15,16). The van der Waals surface area contributed by atoms with Crippen molar-refractivity contribution in [1.29, 1.82) is 0 Å². The summed E-state index contributed by atoms with van der Waals surface area (Å²) in [6.07, 6.45) is 1.77. The van der Waals surface area contributed by atoms with E-state index in [0.29, 0.717) is 11.0 Å². The van der Waals surface area contributed by atoms with E-state index in [0.717, 1.165) is 5.01 Å². The van der Waals surface area contributed by atoms with Gasteiger partial charge in [-0.15, -0.1) is 11.3 Å². The summed E-state index contributed by atoms with van der Waals surface area (Å²) in [5, 5.41) is 6.44. The molecule has 17 heavy (non-hydrogen) atoms. The Kier molecular flexibility index (Phi) is 3.17. The van der Waals surface area contributed by atoms with E-state index in [-0.39, 0.29) is 11.5 Å². The number of aromatic nitrogens is 3. The second kappa shape index (κ2) is 4.46. The Hall–Kier alpha value is -1.40. The number of nitrogens with one attached hydrogen (secondary N) is 1. The Morgan fingerprint density at radius 2 is 2.18 bits per heavy atom. The number of hydrogen-bond acceptors (Lipinski definition) is 6. The van der Waals surface area contributed by atoms with Crippen molar-refractivity contribution in [3.8, 4) is 0 Å². The molecular weight excluding hydrogens is 258 g/mol. The Labute approximate surface area is 108 Å². The minimum absolute atomic E-state index is 0.148. The first-order chi connectivity index (χ1) is 7.97. The number of halogens is 1. The summed E-state index contributed by atoms with van der Waals surface area (Å²) in [7, 11) is 0. The van der Waals surface area contributed by atoms with Gasteiger partial charge in [0.2, 0.25) is 5.95 Å². The van der Waals surface area contributed by atoms with Crippen LogP contribution in [-0.2, 0) is 5.54 Å². The lowest BCUT2D eigenvalue weighted by atomic mass is 10.1. The fourth-order valence-corrected chi connectivity index (χ4v) is 2.31. The van der Waals surface area contributed by atoms with Crippen LogP contribution in [0.1, 0.15) is 18.9 Å². The highest BCUT2D eigenvalue weighted by atomic mass is 35.5. The number of nitrogen functional groups attached to an aromatic ring is 1. The van der Waals surface area contributed by atoms with Crippen LogP contribution in [0.2, 0.25) is 5.15 Å². The van der Waals surface area contributed by atoms with Crippen molar-refractivity contribution in [2.45, 2.75) is 19.4 Å². The van der Waals surface area contributed by atoms with Crippen LogP contribution in [-0.4, -0.2) is 15.0 Å². The SMILES string of the molecule is CC(C)(Nc1cc(Cl)nc(N)n1)c1nccs1. The van der Waals surface area contributed by atoms with Gasteiger partial charge in [-0.25, -0.2) is 9.97 Å². The molecule has 90 valence electrons. The van der Waals surface area contributed by atoms with E-state index in [1.54, 1.807) is 23.6 Å². The monoisotopic (exact) mass is 269 g/mol. The predicted molar refractivity (Wildman–Crippen MR) is 70.2 cm³/mol. The molecule has 0 fully saturated rings. The minimum atomic E-state index is -0.335. The molecule has 0 amide bonds. The van der Waals surface area contributed by atoms with Gasteiger partial charge in [0.1, 0.15) is 16.0 Å². The topological polar surface area (TPSA) is 76.7 Å². The van der Waals surface area contributed by atoms with E-state index in [9.17, 15) is 0 Å². The highest BCUT2D eigenvalue weighted by Crippen LogP contribution is 2.27. The number of nitrogens with two attached hydrogens (primary N) is 1. The minimum Gasteiger partial charge on any atom is -0.368 e. The van der Waals surface area contributed by atoms with Crippen LogP contribution in [0, 0.1) is 0 Å². The van der Waals surface area contributed by atoms with Gasteiger partial charge in [-0.05, 0) is 13.8 Å². The van der Waals surface area contributed by atoms with Gasteiger partial charge in [0.05, 0.1) is 5.54 Å². The van der Waals surface area contributed by atoms with Crippen molar-refractivity contribution in [3.05, 3.63) is 27.8 Å². The summed E-state index contributed by atoms with van der Waals surface area (Å²) >= 11 is 7.40. The summed E-state index contributed by atoms with van der Waals surface area (Å²) in [6.45, 7) is 4.02. The van der Waals surface area contributed by atoms with Crippen molar-refractivity contribution in [2.24, 2.45) is 0 Å². The van der Waals surface area contributed by atoms with Crippen LogP contribution >= 0.6 is 22.9 Å². The van der Waals surface area contributed by atoms with E-state index < -0.39 is 0 Å². The van der Waals surface area contributed by atoms with Gasteiger partial charge in [0.15, 0.2) is 0 Å². The first kappa shape index (κ1) is 12.1. The summed E-state index contributed by atoms with van der Waals surface area (Å²) < 4.78 is 0. The van der Waals surface area contributed by atoms with Crippen molar-refractivity contribution in [3.63, 3.8) is 0 Å². The molecule has 0 saturated heterocycles. The van der Waals surface area contributed by atoms with Crippen LogP contribution in [0.5, 0.6) is 0 Å². The second-order valence-electron chi connectivity index (χ2n) is 4.02. The Bertz CT molecular complexity index is 491. The van der Waals surface area contributed by atoms with E-state index >= 15 is 0 Å². The molecule has 7 heteroatoms. The summed E-state index contributed by atoms with van der Waals surface area (Å²) in [6, 6.07) is 1.63. The number of nitrogens with zero attached hydrogens (tertiary/aromatic N) is 3. The average Bonchev–Trinajstić information content (AvgIpc) is 2.67. The molecule has 0 spiro atoms. The normalized spacial score (nSPS) is 11.5. The summed E-state index contributed by atoms with van der Waals surface area (Å²) in [5.74, 6) is 0.734. The molecule has 0 aliphatic heterocycles. The fraction of sp³-hybridized carbons (Fsp3) is 0.300. The number of hydrogen-bond donors (Lipinski definition) is 2. The molecule has 0 aliphatic rings. The first-order valence-corrected chi connectivity index (χ1v) is 6.21. The second-order valence-corrected chi connectivity index (χ2v) is 5.30. The molecule has 0 radical (unpaired) electrons. The molecule has 5 nitrogen and oxygen atoms in total. The number of thiazole rings is 1. The zero-order chi connectivity index (χ0) is 12.5. The molecule has 0 atom stereocenters. The van der Waals surface area contributed by atoms with E-state index in [2.05, 4.69) is 20.3 Å². The van der Waals surface area contributed by atoms with Crippen molar-refractivity contribution in [2.75, 3.05) is 11.1 Å². The van der Waals surface area contributed by atoms with Gasteiger partial charge in [-0.1, -0.05) is 11.6 Å². The number of rotatable bonds is 3. The first-order valence-electron chi connectivity index (χ1n) is 4.95. The largest absolute Gasteiger partial charge is 0.368 e. The third kappa shape index (κ3) is 2.83. The molecule has 0 saturated carbocycles. The number of anilines is 2. The molecule has 2 aromatic rings. The molecule has 3 N–H and O–H groups in total. The van der Waals surface area contributed by atoms with Gasteiger partial charge in [0, 0.05) is 17.6 Å². The Balaban J connectivity index is 2.26. The molecule has 2 rings (SSSR count). The van der Waals surface area contributed by atoms with E-state index in [1.807, 2.05) is 19.2 Å². The Morgan fingerprint density at radius 1 is 1.41 bits per heavy atom. The Morgan fingerprint density at radius 3 is 2.76 bits per heavy atom. The lowest BCUT2D eigenvalue weighted by Gasteiger charge is -2.24. The van der Waals surface area contributed by atoms with Crippen LogP contribution in [0.25, 0.3) is 0 Å².